The average molecular weight is 228 g/mol. The molecule has 0 bridgehead atoms. The molecule has 2 rings (SSSR count). The molecule has 1 fully saturated rings. The first-order valence-electron chi connectivity index (χ1n) is 4.64. The zero-order chi connectivity index (χ0) is 11.1. The fourth-order valence-electron chi connectivity index (χ4n) is 1.83. The summed E-state index contributed by atoms with van der Waals surface area (Å²) in [6.07, 6.45) is 0.222. The van der Waals surface area contributed by atoms with Crippen LogP contribution >= 0.6 is 0 Å². The fourth-order valence-corrected chi connectivity index (χ4v) is 3.66. The number of rotatable bonds is 1. The minimum Gasteiger partial charge on any atom is -0.508 e. The molecule has 1 aliphatic heterocycles. The number of phenolic OH excluding ortho intramolecular Hbond substituents is 1. The summed E-state index contributed by atoms with van der Waals surface area (Å²) in [6.45, 7) is 0. The molecule has 0 radical (unpaired) electrons. The third-order valence-electron chi connectivity index (χ3n) is 2.69. The molecule has 5 heteroatoms. The van der Waals surface area contributed by atoms with Crippen molar-refractivity contribution < 1.29 is 18.6 Å². The molecule has 82 valence electrons. The second-order valence-electron chi connectivity index (χ2n) is 3.92. The Morgan fingerprint density at radius 3 is 2.27 bits per heavy atom. The smallest absolute Gasteiger partial charge is 0.153 e. The Morgan fingerprint density at radius 1 is 1.20 bits per heavy atom. The van der Waals surface area contributed by atoms with Gasteiger partial charge < -0.3 is 10.2 Å². The van der Waals surface area contributed by atoms with E-state index in [1.54, 1.807) is 12.1 Å². The highest BCUT2D eigenvalue weighted by Crippen LogP contribution is 2.33. The molecule has 1 aliphatic rings. The van der Waals surface area contributed by atoms with Crippen LogP contribution in [-0.2, 0) is 15.4 Å². The zero-order valence-corrected chi connectivity index (χ0v) is 8.87. The average Bonchev–Trinajstić information content (AvgIpc) is 2.43. The lowest BCUT2D eigenvalue weighted by atomic mass is 9.93. The standard InChI is InChI=1S/C10H12O4S/c11-9-3-1-8(2-4-9)10(12)5-6-15(13,14)7-10/h1-4,11-12H,5-7H2. The Hall–Kier alpha value is -1.07. The van der Waals surface area contributed by atoms with Crippen LogP contribution in [-0.4, -0.2) is 30.1 Å². The van der Waals surface area contributed by atoms with Crippen molar-refractivity contribution in [2.75, 3.05) is 11.5 Å². The maximum atomic E-state index is 11.3. The minimum atomic E-state index is -3.12. The molecule has 1 aromatic rings. The van der Waals surface area contributed by atoms with Gasteiger partial charge in [-0.3, -0.25) is 0 Å². The lowest BCUT2D eigenvalue weighted by Gasteiger charge is -2.20. The second-order valence-corrected chi connectivity index (χ2v) is 6.10. The molecule has 1 atom stereocenters. The van der Waals surface area contributed by atoms with Crippen LogP contribution < -0.4 is 0 Å². The number of aliphatic hydroxyl groups is 1. The van der Waals surface area contributed by atoms with Gasteiger partial charge in [0.2, 0.25) is 0 Å². The number of sulfone groups is 1. The van der Waals surface area contributed by atoms with Gasteiger partial charge in [-0.05, 0) is 24.1 Å². The van der Waals surface area contributed by atoms with E-state index in [0.717, 1.165) is 0 Å². The summed E-state index contributed by atoms with van der Waals surface area (Å²) < 4.78 is 22.6. The third-order valence-corrected chi connectivity index (χ3v) is 4.43. The predicted octanol–water partition coefficient (Wildman–Crippen LogP) is 0.398. The summed E-state index contributed by atoms with van der Waals surface area (Å²) in [5.74, 6) is -0.113. The van der Waals surface area contributed by atoms with Gasteiger partial charge >= 0.3 is 0 Å². The number of phenols is 1. The Morgan fingerprint density at radius 2 is 1.80 bits per heavy atom. The minimum absolute atomic E-state index is 0.0182. The first-order valence-corrected chi connectivity index (χ1v) is 6.46. The number of hydrogen-bond acceptors (Lipinski definition) is 4. The van der Waals surface area contributed by atoms with Crippen molar-refractivity contribution >= 4 is 9.84 Å². The van der Waals surface area contributed by atoms with Gasteiger partial charge in [-0.2, -0.15) is 0 Å². The lowest BCUT2D eigenvalue weighted by molar-refractivity contribution is 0.0652. The molecule has 0 aliphatic carbocycles. The molecular weight excluding hydrogens is 216 g/mol. The van der Waals surface area contributed by atoms with Crippen molar-refractivity contribution in [2.45, 2.75) is 12.0 Å². The largest absolute Gasteiger partial charge is 0.508 e. The molecule has 0 amide bonds. The van der Waals surface area contributed by atoms with Crippen molar-refractivity contribution in [3.05, 3.63) is 29.8 Å². The van der Waals surface area contributed by atoms with Crippen LogP contribution in [0.25, 0.3) is 0 Å². The van der Waals surface area contributed by atoms with E-state index >= 15 is 0 Å². The molecule has 1 aromatic carbocycles. The van der Waals surface area contributed by atoms with E-state index in [9.17, 15) is 13.5 Å². The summed E-state index contributed by atoms with van der Waals surface area (Å²) in [7, 11) is -3.12. The molecule has 0 aromatic heterocycles. The predicted molar refractivity (Wildman–Crippen MR) is 55.3 cm³/mol. The number of benzene rings is 1. The van der Waals surface area contributed by atoms with Crippen LogP contribution in [0.2, 0.25) is 0 Å². The monoisotopic (exact) mass is 228 g/mol. The topological polar surface area (TPSA) is 74.6 Å². The number of aromatic hydroxyl groups is 1. The van der Waals surface area contributed by atoms with Gasteiger partial charge in [-0.15, -0.1) is 0 Å². The lowest BCUT2D eigenvalue weighted by Crippen LogP contribution is -2.26. The Kier molecular flexibility index (Phi) is 2.24. The highest BCUT2D eigenvalue weighted by atomic mass is 32.2. The number of hydrogen-bond donors (Lipinski definition) is 2. The van der Waals surface area contributed by atoms with Crippen molar-refractivity contribution in [2.24, 2.45) is 0 Å². The van der Waals surface area contributed by atoms with E-state index in [1.807, 2.05) is 0 Å². The Balaban J connectivity index is 2.35. The van der Waals surface area contributed by atoms with E-state index in [0.29, 0.717) is 5.56 Å². The van der Waals surface area contributed by atoms with Gasteiger partial charge in [0, 0.05) is 0 Å². The maximum absolute atomic E-state index is 11.3. The van der Waals surface area contributed by atoms with Crippen LogP contribution in [0, 0.1) is 0 Å². The first kappa shape index (κ1) is 10.4. The van der Waals surface area contributed by atoms with Gasteiger partial charge in [0.25, 0.3) is 0 Å². The van der Waals surface area contributed by atoms with E-state index in [1.165, 1.54) is 12.1 Å². The highest BCUT2D eigenvalue weighted by molar-refractivity contribution is 7.91. The quantitative estimate of drug-likeness (QED) is 0.729. The maximum Gasteiger partial charge on any atom is 0.153 e. The van der Waals surface area contributed by atoms with Gasteiger partial charge in [-0.1, -0.05) is 12.1 Å². The summed E-state index contributed by atoms with van der Waals surface area (Å²) in [5.41, 5.74) is -0.742. The van der Waals surface area contributed by atoms with E-state index in [2.05, 4.69) is 0 Å². The fraction of sp³-hybridized carbons (Fsp3) is 0.400. The van der Waals surface area contributed by atoms with Gasteiger partial charge in [-0.25, -0.2) is 8.42 Å². The first-order chi connectivity index (χ1) is 6.91. The van der Waals surface area contributed by atoms with Crippen LogP contribution in [0.5, 0.6) is 5.75 Å². The molecule has 0 spiro atoms. The normalized spacial score (nSPS) is 29.1. The highest BCUT2D eigenvalue weighted by Gasteiger charge is 2.41. The zero-order valence-electron chi connectivity index (χ0n) is 8.05. The van der Waals surface area contributed by atoms with Crippen LogP contribution in [0.4, 0.5) is 0 Å². The summed E-state index contributed by atoms with van der Waals surface area (Å²) in [5, 5.41) is 19.2. The second kappa shape index (κ2) is 3.21. The molecule has 4 nitrogen and oxygen atoms in total. The molecule has 2 N–H and O–H groups in total. The van der Waals surface area contributed by atoms with Crippen molar-refractivity contribution in [1.82, 2.24) is 0 Å². The summed E-state index contributed by atoms with van der Waals surface area (Å²) >= 11 is 0. The molecular formula is C10H12O4S. The van der Waals surface area contributed by atoms with Crippen molar-refractivity contribution in [3.8, 4) is 5.75 Å². The molecule has 1 heterocycles. The van der Waals surface area contributed by atoms with E-state index < -0.39 is 15.4 Å². The van der Waals surface area contributed by atoms with Crippen LogP contribution in [0.1, 0.15) is 12.0 Å². The van der Waals surface area contributed by atoms with E-state index in [-0.39, 0.29) is 23.7 Å². The van der Waals surface area contributed by atoms with E-state index in [4.69, 9.17) is 5.11 Å². The van der Waals surface area contributed by atoms with Gasteiger partial charge in [0.15, 0.2) is 9.84 Å². The summed E-state index contributed by atoms with van der Waals surface area (Å²) in [6, 6.07) is 5.99. The molecule has 15 heavy (non-hydrogen) atoms. The molecule has 1 saturated heterocycles. The molecule has 0 saturated carbocycles. The van der Waals surface area contributed by atoms with Crippen molar-refractivity contribution in [1.29, 1.82) is 0 Å². The SMILES string of the molecule is O=S1(=O)CCC(O)(c2ccc(O)cc2)C1. The Bertz CT molecular complexity index is 463. The summed E-state index contributed by atoms with van der Waals surface area (Å²) in [4.78, 5) is 0. The Labute approximate surface area is 88.1 Å². The molecule has 1 unspecified atom stereocenters. The van der Waals surface area contributed by atoms with Gasteiger partial charge in [0.05, 0.1) is 11.5 Å². The van der Waals surface area contributed by atoms with Crippen LogP contribution in [0.15, 0.2) is 24.3 Å². The third kappa shape index (κ3) is 1.98. The van der Waals surface area contributed by atoms with Crippen LogP contribution in [0.3, 0.4) is 0 Å². The van der Waals surface area contributed by atoms with Crippen molar-refractivity contribution in [3.63, 3.8) is 0 Å². The van der Waals surface area contributed by atoms with Gasteiger partial charge in [0.1, 0.15) is 11.4 Å².